The van der Waals surface area contributed by atoms with Crippen molar-refractivity contribution in [2.75, 3.05) is 46.6 Å². The summed E-state index contributed by atoms with van der Waals surface area (Å²) in [5, 5.41) is 0. The third kappa shape index (κ3) is 4.15. The molecule has 2 aliphatic rings. The molecule has 2 saturated heterocycles. The third-order valence-corrected chi connectivity index (χ3v) is 5.15. The largest absolute Gasteiger partial charge is 0.384 e. The van der Waals surface area contributed by atoms with E-state index in [0.29, 0.717) is 19.1 Å². The van der Waals surface area contributed by atoms with Crippen molar-refractivity contribution < 1.29 is 14.3 Å². The summed E-state index contributed by atoms with van der Waals surface area (Å²) >= 11 is 0. The number of carbonyl (C=O) groups is 1. The van der Waals surface area contributed by atoms with Gasteiger partial charge >= 0.3 is 0 Å². The Bertz CT molecular complexity index is 517. The van der Waals surface area contributed by atoms with Gasteiger partial charge in [0.05, 0.1) is 32.3 Å². The monoisotopic (exact) mass is 332 g/mol. The molecule has 0 bridgehead atoms. The number of rotatable bonds is 6. The highest BCUT2D eigenvalue weighted by Gasteiger charge is 2.40. The summed E-state index contributed by atoms with van der Waals surface area (Å²) in [6.45, 7) is 4.88. The highest BCUT2D eigenvalue weighted by atomic mass is 16.5. The zero-order valence-electron chi connectivity index (χ0n) is 14.5. The fraction of sp³-hybridized carbons (Fsp3) is 0.632. The highest BCUT2D eigenvalue weighted by Crippen LogP contribution is 2.27. The second-order valence-electron chi connectivity index (χ2n) is 6.59. The highest BCUT2D eigenvalue weighted by molar-refractivity contribution is 5.77. The summed E-state index contributed by atoms with van der Waals surface area (Å²) in [7, 11) is 1.65. The van der Waals surface area contributed by atoms with Crippen LogP contribution in [0.15, 0.2) is 30.3 Å². The van der Waals surface area contributed by atoms with Crippen molar-refractivity contribution in [1.82, 2.24) is 9.80 Å². The Hall–Kier alpha value is -1.43. The van der Waals surface area contributed by atoms with Gasteiger partial charge in [-0.2, -0.15) is 0 Å². The van der Waals surface area contributed by atoms with Gasteiger partial charge < -0.3 is 14.4 Å². The number of carbonyl (C=O) groups excluding carboxylic acids is 1. The number of benzene rings is 1. The van der Waals surface area contributed by atoms with Gasteiger partial charge in [-0.1, -0.05) is 30.3 Å². The van der Waals surface area contributed by atoms with Crippen molar-refractivity contribution in [2.45, 2.75) is 31.3 Å². The van der Waals surface area contributed by atoms with E-state index in [2.05, 4.69) is 34.1 Å². The van der Waals surface area contributed by atoms with Crippen molar-refractivity contribution in [3.05, 3.63) is 35.9 Å². The van der Waals surface area contributed by atoms with Crippen LogP contribution in [0.3, 0.4) is 0 Å². The maximum atomic E-state index is 12.6. The Morgan fingerprint density at radius 2 is 1.96 bits per heavy atom. The Balaban J connectivity index is 1.74. The quantitative estimate of drug-likeness (QED) is 0.793. The summed E-state index contributed by atoms with van der Waals surface area (Å²) < 4.78 is 10.6. The predicted molar refractivity (Wildman–Crippen MR) is 92.9 cm³/mol. The Kier molecular flexibility index (Phi) is 6.24. The SMILES string of the molecule is COCCC(=O)N1CC[C@@H](N2CCOCC2)[C@@H]1Cc1ccccc1. The maximum absolute atomic E-state index is 12.6. The van der Waals surface area contributed by atoms with Gasteiger partial charge in [0.15, 0.2) is 0 Å². The fourth-order valence-electron chi connectivity index (χ4n) is 3.92. The van der Waals surface area contributed by atoms with E-state index in [4.69, 9.17) is 9.47 Å². The van der Waals surface area contributed by atoms with Crippen molar-refractivity contribution in [3.8, 4) is 0 Å². The fourth-order valence-corrected chi connectivity index (χ4v) is 3.92. The van der Waals surface area contributed by atoms with E-state index in [9.17, 15) is 4.79 Å². The topological polar surface area (TPSA) is 42.0 Å². The van der Waals surface area contributed by atoms with E-state index >= 15 is 0 Å². The van der Waals surface area contributed by atoms with Gasteiger partial charge in [-0.15, -0.1) is 0 Å². The number of ether oxygens (including phenoxy) is 2. The average molecular weight is 332 g/mol. The van der Waals surface area contributed by atoms with Crippen molar-refractivity contribution >= 4 is 5.91 Å². The van der Waals surface area contributed by atoms with Gasteiger partial charge in [0, 0.05) is 32.8 Å². The number of morpholine rings is 1. The molecule has 2 fully saturated rings. The van der Waals surface area contributed by atoms with Crippen LogP contribution in [0.2, 0.25) is 0 Å². The molecule has 2 aliphatic heterocycles. The molecule has 2 heterocycles. The predicted octanol–water partition coefficient (Wildman–Crippen LogP) is 1.57. The first-order chi connectivity index (χ1) is 11.8. The zero-order valence-corrected chi connectivity index (χ0v) is 14.5. The van der Waals surface area contributed by atoms with Gasteiger partial charge in [-0.3, -0.25) is 9.69 Å². The molecule has 2 atom stereocenters. The molecule has 3 rings (SSSR count). The van der Waals surface area contributed by atoms with Crippen LogP contribution < -0.4 is 0 Å². The Morgan fingerprint density at radius 1 is 1.21 bits per heavy atom. The first-order valence-corrected chi connectivity index (χ1v) is 8.93. The van der Waals surface area contributed by atoms with E-state index < -0.39 is 0 Å². The summed E-state index contributed by atoms with van der Waals surface area (Å²) in [6, 6.07) is 11.2. The van der Waals surface area contributed by atoms with Crippen LogP contribution in [-0.4, -0.2) is 74.4 Å². The van der Waals surface area contributed by atoms with Gasteiger partial charge in [-0.25, -0.2) is 0 Å². The molecule has 1 amide bonds. The molecule has 0 saturated carbocycles. The lowest BCUT2D eigenvalue weighted by Gasteiger charge is -2.37. The third-order valence-electron chi connectivity index (χ3n) is 5.15. The molecule has 132 valence electrons. The molecule has 5 heteroatoms. The average Bonchev–Trinajstić information content (AvgIpc) is 3.05. The van der Waals surface area contributed by atoms with Crippen LogP contribution in [0, 0.1) is 0 Å². The number of hydrogen-bond acceptors (Lipinski definition) is 4. The lowest BCUT2D eigenvalue weighted by molar-refractivity contribution is -0.133. The van der Waals surface area contributed by atoms with Crippen LogP contribution in [0.4, 0.5) is 0 Å². The van der Waals surface area contributed by atoms with Gasteiger partial charge in [0.1, 0.15) is 0 Å². The molecule has 0 aromatic heterocycles. The van der Waals surface area contributed by atoms with E-state index in [1.807, 2.05) is 6.07 Å². The second kappa shape index (κ2) is 8.60. The summed E-state index contributed by atoms with van der Waals surface area (Å²) in [4.78, 5) is 17.2. The van der Waals surface area contributed by atoms with E-state index in [1.165, 1.54) is 5.56 Å². The van der Waals surface area contributed by atoms with Crippen LogP contribution in [-0.2, 0) is 20.7 Å². The Labute approximate surface area is 144 Å². The standard InChI is InChI=1S/C19H28N2O3/c1-23-12-8-19(22)21-9-7-17(20-10-13-24-14-11-20)18(21)15-16-5-3-2-4-6-16/h2-6,17-18H,7-15H2,1H3/t17-,18+/m1/s1. The van der Waals surface area contributed by atoms with Crippen LogP contribution in [0.5, 0.6) is 0 Å². The van der Waals surface area contributed by atoms with Crippen molar-refractivity contribution in [1.29, 1.82) is 0 Å². The molecule has 1 aromatic rings. The molecule has 0 unspecified atom stereocenters. The number of nitrogens with zero attached hydrogens (tertiary/aromatic N) is 2. The van der Waals surface area contributed by atoms with Gasteiger partial charge in [0.25, 0.3) is 0 Å². The molecule has 24 heavy (non-hydrogen) atoms. The molecular formula is C19H28N2O3. The summed E-state index contributed by atoms with van der Waals surface area (Å²) in [6.07, 6.45) is 2.44. The van der Waals surface area contributed by atoms with Crippen LogP contribution >= 0.6 is 0 Å². The van der Waals surface area contributed by atoms with Crippen LogP contribution in [0.25, 0.3) is 0 Å². The number of likely N-dealkylation sites (tertiary alicyclic amines) is 1. The number of methoxy groups -OCH3 is 1. The van der Waals surface area contributed by atoms with Gasteiger partial charge in [-0.05, 0) is 18.4 Å². The minimum absolute atomic E-state index is 0.216. The van der Waals surface area contributed by atoms with Crippen molar-refractivity contribution in [2.24, 2.45) is 0 Å². The molecule has 1 aromatic carbocycles. The Morgan fingerprint density at radius 3 is 2.67 bits per heavy atom. The maximum Gasteiger partial charge on any atom is 0.225 e. The number of amides is 1. The first-order valence-electron chi connectivity index (χ1n) is 8.93. The van der Waals surface area contributed by atoms with E-state index in [1.54, 1.807) is 7.11 Å². The normalized spacial score (nSPS) is 25.1. The number of hydrogen-bond donors (Lipinski definition) is 0. The van der Waals surface area contributed by atoms with Crippen molar-refractivity contribution in [3.63, 3.8) is 0 Å². The van der Waals surface area contributed by atoms with E-state index in [0.717, 1.165) is 45.7 Å². The smallest absolute Gasteiger partial charge is 0.225 e. The second-order valence-corrected chi connectivity index (χ2v) is 6.59. The first kappa shape index (κ1) is 17.4. The molecular weight excluding hydrogens is 304 g/mol. The molecule has 0 radical (unpaired) electrons. The molecule has 0 spiro atoms. The lowest BCUT2D eigenvalue weighted by atomic mass is 9.98. The minimum Gasteiger partial charge on any atom is -0.384 e. The minimum atomic E-state index is 0.216. The molecule has 0 aliphatic carbocycles. The summed E-state index contributed by atoms with van der Waals surface area (Å²) in [5.41, 5.74) is 1.30. The van der Waals surface area contributed by atoms with Gasteiger partial charge in [0.2, 0.25) is 5.91 Å². The molecule has 5 nitrogen and oxygen atoms in total. The van der Waals surface area contributed by atoms with E-state index in [-0.39, 0.29) is 11.9 Å². The zero-order chi connectivity index (χ0) is 16.8. The summed E-state index contributed by atoms with van der Waals surface area (Å²) in [5.74, 6) is 0.216. The lowest BCUT2D eigenvalue weighted by Crippen LogP contribution is -2.51. The van der Waals surface area contributed by atoms with Crippen LogP contribution in [0.1, 0.15) is 18.4 Å². The molecule has 0 N–H and O–H groups in total.